The molecule has 0 spiro atoms. The normalized spacial score (nSPS) is 24.3. The second-order valence-corrected chi connectivity index (χ2v) is 7.34. The van der Waals surface area contributed by atoms with Gasteiger partial charge in [-0.15, -0.1) is 0 Å². The van der Waals surface area contributed by atoms with Crippen LogP contribution in [0.25, 0.3) is 0 Å². The van der Waals surface area contributed by atoms with Gasteiger partial charge < -0.3 is 24.6 Å². The summed E-state index contributed by atoms with van der Waals surface area (Å²) in [5.74, 6) is 0.576. The summed E-state index contributed by atoms with van der Waals surface area (Å²) in [6.45, 7) is 0.0504. The van der Waals surface area contributed by atoms with Gasteiger partial charge in [-0.25, -0.2) is 0 Å². The minimum absolute atomic E-state index is 0.0504. The van der Waals surface area contributed by atoms with Gasteiger partial charge in [-0.1, -0.05) is 12.8 Å². The third-order valence-electron chi connectivity index (χ3n) is 5.78. The number of aliphatic carboxylic acids is 1. The molecule has 3 atom stereocenters. The molecule has 8 nitrogen and oxygen atoms in total. The van der Waals surface area contributed by atoms with Crippen molar-refractivity contribution in [2.45, 2.75) is 44.2 Å². The molecule has 28 heavy (non-hydrogen) atoms. The zero-order chi connectivity index (χ0) is 20.3. The van der Waals surface area contributed by atoms with Crippen LogP contribution in [0.5, 0.6) is 17.2 Å². The van der Waals surface area contributed by atoms with Crippen molar-refractivity contribution in [1.82, 2.24) is 4.90 Å². The van der Waals surface area contributed by atoms with Gasteiger partial charge in [-0.05, 0) is 25.2 Å². The van der Waals surface area contributed by atoms with E-state index in [1.165, 1.54) is 21.3 Å². The number of methoxy groups -OCH3 is 3. The molecule has 2 aliphatic rings. The van der Waals surface area contributed by atoms with Gasteiger partial charge in [0.2, 0.25) is 11.7 Å². The first-order valence-electron chi connectivity index (χ1n) is 9.56. The monoisotopic (exact) mass is 392 g/mol. The van der Waals surface area contributed by atoms with E-state index in [-0.39, 0.29) is 18.5 Å². The average Bonchev–Trinajstić information content (AvgIpc) is 3.05. The standard InChI is InChI=1S/C20H28N2O6/c1-26-16-9-13(10-17(27-2)19(16)28-3)21-18(23)11-22-14-7-5-4-6-12(14)8-15(22)20(24)25/h9-10,12,14-15H,4-8,11H2,1-3H3,(H,21,23)(H,24,25). The van der Waals surface area contributed by atoms with E-state index in [2.05, 4.69) is 5.32 Å². The Bertz CT molecular complexity index is 712. The minimum atomic E-state index is -0.852. The summed E-state index contributed by atoms with van der Waals surface area (Å²) in [4.78, 5) is 26.3. The highest BCUT2D eigenvalue weighted by atomic mass is 16.5. The van der Waals surface area contributed by atoms with E-state index in [4.69, 9.17) is 14.2 Å². The zero-order valence-electron chi connectivity index (χ0n) is 16.6. The maximum atomic E-state index is 12.7. The lowest BCUT2D eigenvalue weighted by atomic mass is 9.85. The lowest BCUT2D eigenvalue weighted by Gasteiger charge is -2.32. The highest BCUT2D eigenvalue weighted by Gasteiger charge is 2.45. The van der Waals surface area contributed by atoms with Gasteiger partial charge in [0.05, 0.1) is 27.9 Å². The molecular formula is C20H28N2O6. The maximum absolute atomic E-state index is 12.7. The predicted octanol–water partition coefficient (Wildman–Crippen LogP) is 2.37. The van der Waals surface area contributed by atoms with Crippen LogP contribution in [0.15, 0.2) is 12.1 Å². The van der Waals surface area contributed by atoms with Crippen molar-refractivity contribution < 1.29 is 28.9 Å². The topological polar surface area (TPSA) is 97.3 Å². The van der Waals surface area contributed by atoms with Gasteiger partial charge in [0.1, 0.15) is 6.04 Å². The number of hydrogen-bond donors (Lipinski definition) is 2. The van der Waals surface area contributed by atoms with E-state index >= 15 is 0 Å². The fraction of sp³-hybridized carbons (Fsp3) is 0.600. The molecule has 1 aliphatic carbocycles. The molecule has 0 radical (unpaired) electrons. The third-order valence-corrected chi connectivity index (χ3v) is 5.78. The lowest BCUT2D eigenvalue weighted by molar-refractivity contribution is -0.143. The summed E-state index contributed by atoms with van der Waals surface area (Å²) in [7, 11) is 4.53. The number of rotatable bonds is 7. The number of carbonyl (C=O) groups excluding carboxylic acids is 1. The predicted molar refractivity (Wildman–Crippen MR) is 103 cm³/mol. The van der Waals surface area contributed by atoms with Crippen LogP contribution in [0.2, 0.25) is 0 Å². The summed E-state index contributed by atoms with van der Waals surface area (Å²) in [5, 5.41) is 12.4. The third kappa shape index (κ3) is 4.01. The Morgan fingerprint density at radius 1 is 1.11 bits per heavy atom. The molecule has 3 rings (SSSR count). The number of carbonyl (C=O) groups is 2. The molecule has 1 aromatic rings. The fourth-order valence-corrected chi connectivity index (χ4v) is 4.54. The van der Waals surface area contributed by atoms with Crippen LogP contribution < -0.4 is 19.5 Å². The van der Waals surface area contributed by atoms with Crippen LogP contribution in [0.1, 0.15) is 32.1 Å². The summed E-state index contributed by atoms with van der Waals surface area (Å²) >= 11 is 0. The molecule has 0 bridgehead atoms. The Kier molecular flexibility index (Phi) is 6.28. The Morgan fingerprint density at radius 2 is 1.75 bits per heavy atom. The number of carboxylic acids is 1. The van der Waals surface area contributed by atoms with Crippen LogP contribution in [0.3, 0.4) is 0 Å². The number of nitrogens with zero attached hydrogens (tertiary/aromatic N) is 1. The van der Waals surface area contributed by atoms with Crippen molar-refractivity contribution in [3.8, 4) is 17.2 Å². The molecule has 1 amide bonds. The number of nitrogens with one attached hydrogen (secondary N) is 1. The molecule has 2 N–H and O–H groups in total. The van der Waals surface area contributed by atoms with Gasteiger partial charge in [0.25, 0.3) is 0 Å². The van der Waals surface area contributed by atoms with E-state index in [0.29, 0.717) is 35.3 Å². The molecule has 1 aliphatic heterocycles. The van der Waals surface area contributed by atoms with E-state index in [1.54, 1.807) is 12.1 Å². The van der Waals surface area contributed by atoms with Crippen molar-refractivity contribution in [3.63, 3.8) is 0 Å². The largest absolute Gasteiger partial charge is 0.493 e. The van der Waals surface area contributed by atoms with Crippen LogP contribution in [0.4, 0.5) is 5.69 Å². The number of likely N-dealkylation sites (tertiary alicyclic amines) is 1. The number of ether oxygens (including phenoxy) is 3. The van der Waals surface area contributed by atoms with Crippen molar-refractivity contribution in [3.05, 3.63) is 12.1 Å². The first kappa shape index (κ1) is 20.3. The Morgan fingerprint density at radius 3 is 2.32 bits per heavy atom. The number of amides is 1. The molecule has 1 heterocycles. The van der Waals surface area contributed by atoms with Crippen molar-refractivity contribution in [2.75, 3.05) is 33.2 Å². The van der Waals surface area contributed by atoms with Crippen LogP contribution in [-0.4, -0.2) is 61.8 Å². The van der Waals surface area contributed by atoms with Crippen LogP contribution >= 0.6 is 0 Å². The minimum Gasteiger partial charge on any atom is -0.493 e. The number of benzene rings is 1. The quantitative estimate of drug-likeness (QED) is 0.735. The maximum Gasteiger partial charge on any atom is 0.320 e. The molecule has 3 unspecified atom stereocenters. The number of carboxylic acid groups (broad SMARTS) is 1. The van der Waals surface area contributed by atoms with Gasteiger partial charge in [-0.3, -0.25) is 14.5 Å². The molecule has 2 fully saturated rings. The number of anilines is 1. The van der Waals surface area contributed by atoms with Crippen LogP contribution in [-0.2, 0) is 9.59 Å². The van der Waals surface area contributed by atoms with Crippen molar-refractivity contribution in [1.29, 1.82) is 0 Å². The Labute approximate surface area is 164 Å². The summed E-state index contributed by atoms with van der Waals surface area (Å²) in [5.41, 5.74) is 0.505. The van der Waals surface area contributed by atoms with Crippen molar-refractivity contribution in [2.24, 2.45) is 5.92 Å². The fourth-order valence-electron chi connectivity index (χ4n) is 4.54. The molecule has 1 aromatic carbocycles. The van der Waals surface area contributed by atoms with E-state index in [9.17, 15) is 14.7 Å². The average molecular weight is 392 g/mol. The van der Waals surface area contributed by atoms with Gasteiger partial charge in [-0.2, -0.15) is 0 Å². The van der Waals surface area contributed by atoms with E-state index < -0.39 is 12.0 Å². The second-order valence-electron chi connectivity index (χ2n) is 7.34. The summed E-state index contributed by atoms with van der Waals surface area (Å²) < 4.78 is 15.9. The highest BCUT2D eigenvalue weighted by molar-refractivity contribution is 5.93. The Hall–Kier alpha value is -2.48. The van der Waals surface area contributed by atoms with Gasteiger partial charge >= 0.3 is 5.97 Å². The first-order chi connectivity index (χ1) is 13.5. The Balaban J connectivity index is 1.75. The first-order valence-corrected chi connectivity index (χ1v) is 9.56. The van der Waals surface area contributed by atoms with E-state index in [0.717, 1.165) is 25.7 Å². The molecule has 1 saturated heterocycles. The number of hydrogen-bond acceptors (Lipinski definition) is 6. The molecule has 8 heteroatoms. The smallest absolute Gasteiger partial charge is 0.320 e. The molecule has 154 valence electrons. The summed E-state index contributed by atoms with van der Waals surface area (Å²) in [6.07, 6.45) is 4.83. The molecular weight excluding hydrogens is 364 g/mol. The molecule has 1 saturated carbocycles. The van der Waals surface area contributed by atoms with Crippen molar-refractivity contribution >= 4 is 17.6 Å². The zero-order valence-corrected chi connectivity index (χ0v) is 16.6. The van der Waals surface area contributed by atoms with E-state index in [1.807, 2.05) is 4.90 Å². The number of fused-ring (bicyclic) bond motifs is 1. The highest BCUT2D eigenvalue weighted by Crippen LogP contribution is 2.41. The SMILES string of the molecule is COc1cc(NC(=O)CN2C(C(=O)O)CC3CCCCC32)cc(OC)c1OC. The molecule has 0 aromatic heterocycles. The lowest BCUT2D eigenvalue weighted by Crippen LogP contribution is -2.46. The van der Waals surface area contributed by atoms with Gasteiger partial charge in [0.15, 0.2) is 11.5 Å². The van der Waals surface area contributed by atoms with Crippen LogP contribution in [0, 0.1) is 5.92 Å². The summed E-state index contributed by atoms with van der Waals surface area (Å²) in [6, 6.07) is 2.88. The van der Waals surface area contributed by atoms with Gasteiger partial charge in [0, 0.05) is 23.9 Å². The second kappa shape index (κ2) is 8.68.